The van der Waals surface area contributed by atoms with Crippen LogP contribution in [-0.4, -0.2) is 17.8 Å². The van der Waals surface area contributed by atoms with Crippen molar-refractivity contribution in [3.63, 3.8) is 0 Å². The fraction of sp³-hybridized carbons (Fsp3) is 0.462. The van der Waals surface area contributed by atoms with Crippen LogP contribution in [0.5, 0.6) is 0 Å². The molecule has 1 rings (SSSR count). The van der Waals surface area contributed by atoms with Gasteiger partial charge in [-0.1, -0.05) is 38.6 Å². The van der Waals surface area contributed by atoms with Crippen molar-refractivity contribution in [3.8, 4) is 0 Å². The second kappa shape index (κ2) is 6.87. The average Bonchev–Trinajstić information content (AvgIpc) is 2.34. The SMILES string of the molecule is CCC(C)CNc1cccc(SC)c1C(N)=S. The van der Waals surface area contributed by atoms with Gasteiger partial charge in [-0.2, -0.15) is 0 Å². The molecule has 0 saturated carbocycles. The van der Waals surface area contributed by atoms with Gasteiger partial charge >= 0.3 is 0 Å². The Morgan fingerprint density at radius 3 is 2.76 bits per heavy atom. The van der Waals surface area contributed by atoms with Crippen LogP contribution in [0.1, 0.15) is 25.8 Å². The van der Waals surface area contributed by atoms with Gasteiger partial charge in [0, 0.05) is 22.7 Å². The van der Waals surface area contributed by atoms with E-state index in [1.54, 1.807) is 11.8 Å². The Labute approximate surface area is 113 Å². The Morgan fingerprint density at radius 1 is 1.53 bits per heavy atom. The molecule has 0 amide bonds. The van der Waals surface area contributed by atoms with Gasteiger partial charge in [0.1, 0.15) is 4.99 Å². The number of hydrogen-bond acceptors (Lipinski definition) is 3. The summed E-state index contributed by atoms with van der Waals surface area (Å²) in [7, 11) is 0. The molecule has 0 aliphatic heterocycles. The summed E-state index contributed by atoms with van der Waals surface area (Å²) in [5.74, 6) is 0.645. The maximum absolute atomic E-state index is 5.81. The molecule has 0 aromatic heterocycles. The second-order valence-corrected chi connectivity index (χ2v) is 5.43. The Morgan fingerprint density at radius 2 is 2.24 bits per heavy atom. The Hall–Kier alpha value is -0.740. The molecule has 4 heteroatoms. The Kier molecular flexibility index (Phi) is 5.78. The minimum absolute atomic E-state index is 0.460. The molecule has 0 heterocycles. The van der Waals surface area contributed by atoms with Crippen LogP contribution >= 0.6 is 24.0 Å². The van der Waals surface area contributed by atoms with E-state index in [0.717, 1.165) is 29.1 Å². The van der Waals surface area contributed by atoms with Crippen molar-refractivity contribution in [3.05, 3.63) is 23.8 Å². The van der Waals surface area contributed by atoms with Gasteiger partial charge in [0.15, 0.2) is 0 Å². The monoisotopic (exact) mass is 268 g/mol. The van der Waals surface area contributed by atoms with Crippen LogP contribution in [0.4, 0.5) is 5.69 Å². The molecule has 0 aliphatic rings. The minimum Gasteiger partial charge on any atom is -0.389 e. The summed E-state index contributed by atoms with van der Waals surface area (Å²) in [5.41, 5.74) is 7.82. The van der Waals surface area contributed by atoms with Crippen molar-refractivity contribution in [2.75, 3.05) is 18.1 Å². The lowest BCUT2D eigenvalue weighted by Crippen LogP contribution is -2.17. The molecule has 0 fully saturated rings. The first-order chi connectivity index (χ1) is 8.10. The molecular weight excluding hydrogens is 248 g/mol. The van der Waals surface area contributed by atoms with Crippen molar-refractivity contribution in [2.24, 2.45) is 11.7 Å². The predicted octanol–water partition coefficient (Wildman–Crippen LogP) is 3.50. The van der Waals surface area contributed by atoms with Crippen LogP contribution in [0.25, 0.3) is 0 Å². The molecule has 1 aromatic carbocycles. The largest absolute Gasteiger partial charge is 0.389 e. The molecule has 17 heavy (non-hydrogen) atoms. The maximum atomic E-state index is 5.81. The van der Waals surface area contributed by atoms with Crippen molar-refractivity contribution in [1.29, 1.82) is 0 Å². The van der Waals surface area contributed by atoms with Crippen LogP contribution < -0.4 is 11.1 Å². The van der Waals surface area contributed by atoms with E-state index in [1.165, 1.54) is 0 Å². The number of benzene rings is 1. The molecule has 3 N–H and O–H groups in total. The Balaban J connectivity index is 2.94. The molecule has 0 saturated heterocycles. The van der Waals surface area contributed by atoms with Crippen molar-refractivity contribution < 1.29 is 0 Å². The second-order valence-electron chi connectivity index (χ2n) is 4.14. The number of thioether (sulfide) groups is 1. The van der Waals surface area contributed by atoms with Gasteiger partial charge in [0.05, 0.1) is 0 Å². The lowest BCUT2D eigenvalue weighted by molar-refractivity contribution is 0.593. The lowest BCUT2D eigenvalue weighted by atomic mass is 10.1. The van der Waals surface area contributed by atoms with E-state index in [0.29, 0.717) is 10.9 Å². The first kappa shape index (κ1) is 14.3. The van der Waals surface area contributed by atoms with Gasteiger partial charge in [0.25, 0.3) is 0 Å². The summed E-state index contributed by atoms with van der Waals surface area (Å²) >= 11 is 6.81. The fourth-order valence-corrected chi connectivity index (χ4v) is 2.45. The quantitative estimate of drug-likeness (QED) is 0.612. The van der Waals surface area contributed by atoms with Gasteiger partial charge in [-0.15, -0.1) is 11.8 Å². The zero-order chi connectivity index (χ0) is 12.8. The zero-order valence-electron chi connectivity index (χ0n) is 10.6. The van der Waals surface area contributed by atoms with E-state index in [2.05, 4.69) is 19.2 Å². The summed E-state index contributed by atoms with van der Waals surface area (Å²) in [6.07, 6.45) is 3.20. The molecule has 1 aromatic rings. The van der Waals surface area contributed by atoms with Gasteiger partial charge in [-0.05, 0) is 24.3 Å². The van der Waals surface area contributed by atoms with Gasteiger partial charge in [-0.25, -0.2) is 0 Å². The summed E-state index contributed by atoms with van der Waals surface area (Å²) in [5, 5.41) is 3.44. The topological polar surface area (TPSA) is 38.0 Å². The van der Waals surface area contributed by atoms with Crippen LogP contribution in [0.15, 0.2) is 23.1 Å². The molecule has 0 spiro atoms. The van der Waals surface area contributed by atoms with Crippen molar-refractivity contribution in [2.45, 2.75) is 25.2 Å². The van der Waals surface area contributed by atoms with Gasteiger partial charge in [0.2, 0.25) is 0 Å². The molecule has 0 aliphatic carbocycles. The Bertz CT molecular complexity index is 391. The molecule has 1 atom stereocenters. The van der Waals surface area contributed by atoms with Gasteiger partial charge < -0.3 is 11.1 Å². The number of rotatable bonds is 6. The molecule has 0 radical (unpaired) electrons. The standard InChI is InChI=1S/C13H20N2S2/c1-4-9(2)8-15-10-6-5-7-11(17-3)12(10)13(14)16/h5-7,9,15H,4,8H2,1-3H3,(H2,14,16). The third-order valence-electron chi connectivity index (χ3n) is 2.83. The highest BCUT2D eigenvalue weighted by Crippen LogP contribution is 2.27. The first-order valence-corrected chi connectivity index (χ1v) is 7.44. The predicted molar refractivity (Wildman–Crippen MR) is 82.1 cm³/mol. The summed E-state index contributed by atoms with van der Waals surface area (Å²) < 4.78 is 0. The van der Waals surface area contributed by atoms with Crippen LogP contribution in [0, 0.1) is 5.92 Å². The first-order valence-electron chi connectivity index (χ1n) is 5.80. The van der Waals surface area contributed by atoms with E-state index >= 15 is 0 Å². The zero-order valence-corrected chi connectivity index (χ0v) is 12.3. The highest BCUT2D eigenvalue weighted by molar-refractivity contribution is 7.98. The van der Waals surface area contributed by atoms with E-state index in [-0.39, 0.29) is 0 Å². The molecular formula is C13H20N2S2. The summed E-state index contributed by atoms with van der Waals surface area (Å²) in [4.78, 5) is 1.59. The van der Waals surface area contributed by atoms with Crippen molar-refractivity contribution >= 4 is 34.7 Å². The summed E-state index contributed by atoms with van der Waals surface area (Å²) in [6, 6.07) is 6.12. The van der Waals surface area contributed by atoms with Crippen molar-refractivity contribution in [1.82, 2.24) is 0 Å². The maximum Gasteiger partial charge on any atom is 0.107 e. The highest BCUT2D eigenvalue weighted by atomic mass is 32.2. The highest BCUT2D eigenvalue weighted by Gasteiger charge is 2.10. The number of nitrogens with one attached hydrogen (secondary N) is 1. The van der Waals surface area contributed by atoms with E-state index < -0.39 is 0 Å². The molecule has 94 valence electrons. The van der Waals surface area contributed by atoms with Gasteiger partial charge in [-0.3, -0.25) is 0 Å². The fourth-order valence-electron chi connectivity index (χ4n) is 1.53. The third-order valence-corrected chi connectivity index (χ3v) is 3.81. The van der Waals surface area contributed by atoms with E-state index in [1.807, 2.05) is 24.5 Å². The van der Waals surface area contributed by atoms with Crippen LogP contribution in [0.2, 0.25) is 0 Å². The minimum atomic E-state index is 0.460. The van der Waals surface area contributed by atoms with Crippen LogP contribution in [0.3, 0.4) is 0 Å². The number of nitrogens with two attached hydrogens (primary N) is 1. The number of hydrogen-bond donors (Lipinski definition) is 2. The summed E-state index contributed by atoms with van der Waals surface area (Å²) in [6.45, 7) is 5.37. The van der Waals surface area contributed by atoms with E-state index in [4.69, 9.17) is 18.0 Å². The third kappa shape index (κ3) is 3.89. The molecule has 2 nitrogen and oxygen atoms in total. The molecule has 0 bridgehead atoms. The molecule has 1 unspecified atom stereocenters. The normalized spacial score (nSPS) is 12.2. The number of thiocarbonyl (C=S) groups is 1. The lowest BCUT2D eigenvalue weighted by Gasteiger charge is -2.16. The van der Waals surface area contributed by atoms with Crippen LogP contribution in [-0.2, 0) is 0 Å². The smallest absolute Gasteiger partial charge is 0.107 e. The van der Waals surface area contributed by atoms with E-state index in [9.17, 15) is 0 Å². The number of anilines is 1. The average molecular weight is 268 g/mol.